The Kier molecular flexibility index (Phi) is 6.10. The van der Waals surface area contributed by atoms with Gasteiger partial charge in [0.05, 0.1) is 6.10 Å². The molecule has 1 saturated carbocycles. The molecule has 116 valence electrons. The van der Waals surface area contributed by atoms with Gasteiger partial charge in [-0.25, -0.2) is 0 Å². The van der Waals surface area contributed by atoms with E-state index in [0.29, 0.717) is 6.04 Å². The molecule has 0 amide bonds. The van der Waals surface area contributed by atoms with E-state index in [0.717, 1.165) is 63.9 Å². The molecule has 2 fully saturated rings. The molecule has 5 heteroatoms. The van der Waals surface area contributed by atoms with Crippen molar-refractivity contribution in [3.8, 4) is 0 Å². The van der Waals surface area contributed by atoms with Crippen LogP contribution < -0.4 is 10.6 Å². The van der Waals surface area contributed by atoms with Gasteiger partial charge >= 0.3 is 0 Å². The van der Waals surface area contributed by atoms with E-state index in [4.69, 9.17) is 0 Å². The lowest BCUT2D eigenvalue weighted by Crippen LogP contribution is -2.39. The number of hydrogen-bond acceptors (Lipinski definition) is 3. The minimum Gasteiger partial charge on any atom is -0.393 e. The molecule has 0 bridgehead atoms. The van der Waals surface area contributed by atoms with Gasteiger partial charge in [0.2, 0.25) is 0 Å². The molecule has 0 aromatic carbocycles. The van der Waals surface area contributed by atoms with Crippen molar-refractivity contribution in [2.24, 2.45) is 10.9 Å². The summed E-state index contributed by atoms with van der Waals surface area (Å²) in [6.45, 7) is 9.31. The predicted octanol–water partition coefficient (Wildman–Crippen LogP) is 0.797. The van der Waals surface area contributed by atoms with Crippen LogP contribution in [0.3, 0.4) is 0 Å². The van der Waals surface area contributed by atoms with E-state index in [1.165, 1.54) is 6.42 Å². The van der Waals surface area contributed by atoms with Gasteiger partial charge in [0.25, 0.3) is 0 Å². The van der Waals surface area contributed by atoms with Gasteiger partial charge in [-0.05, 0) is 45.1 Å². The monoisotopic (exact) mass is 282 g/mol. The van der Waals surface area contributed by atoms with Gasteiger partial charge in [-0.1, -0.05) is 6.92 Å². The number of guanidine groups is 1. The van der Waals surface area contributed by atoms with Gasteiger partial charge < -0.3 is 20.6 Å². The number of aliphatic hydroxyl groups excluding tert-OH is 1. The number of hydrogen-bond donors (Lipinski definition) is 3. The van der Waals surface area contributed by atoms with Crippen LogP contribution in [0.1, 0.15) is 39.5 Å². The number of aliphatic imine (C=N–C) groups is 1. The van der Waals surface area contributed by atoms with E-state index in [1.54, 1.807) is 0 Å². The quantitative estimate of drug-likeness (QED) is 0.383. The van der Waals surface area contributed by atoms with Crippen LogP contribution in [-0.4, -0.2) is 60.8 Å². The van der Waals surface area contributed by atoms with Crippen molar-refractivity contribution in [1.82, 2.24) is 15.5 Å². The number of likely N-dealkylation sites (tertiary alicyclic amines) is 1. The topological polar surface area (TPSA) is 59.9 Å². The van der Waals surface area contributed by atoms with E-state index in [9.17, 15) is 5.11 Å². The zero-order chi connectivity index (χ0) is 14.4. The summed E-state index contributed by atoms with van der Waals surface area (Å²) in [7, 11) is 0. The molecule has 2 rings (SSSR count). The zero-order valence-corrected chi connectivity index (χ0v) is 12.9. The average molecular weight is 282 g/mol. The Balaban J connectivity index is 1.62. The Bertz CT molecular complexity index is 313. The Morgan fingerprint density at radius 3 is 2.65 bits per heavy atom. The standard InChI is InChI=1S/C15H30N4O/c1-3-16-15(18-14-11-12(14)2)17-7-4-8-19-9-5-13(20)6-10-19/h12-14,20H,3-11H2,1-2H3,(H2,16,17,18). The van der Waals surface area contributed by atoms with Crippen LogP contribution in [0, 0.1) is 5.92 Å². The van der Waals surface area contributed by atoms with Crippen LogP contribution in [0.5, 0.6) is 0 Å². The van der Waals surface area contributed by atoms with E-state index < -0.39 is 0 Å². The minimum atomic E-state index is -0.0747. The van der Waals surface area contributed by atoms with Crippen LogP contribution in [-0.2, 0) is 0 Å². The Morgan fingerprint density at radius 1 is 1.35 bits per heavy atom. The van der Waals surface area contributed by atoms with Crippen LogP contribution in [0.4, 0.5) is 0 Å². The van der Waals surface area contributed by atoms with E-state index >= 15 is 0 Å². The van der Waals surface area contributed by atoms with E-state index in [-0.39, 0.29) is 6.10 Å². The van der Waals surface area contributed by atoms with Crippen molar-refractivity contribution < 1.29 is 5.11 Å². The third-order valence-corrected chi connectivity index (χ3v) is 4.24. The van der Waals surface area contributed by atoms with Crippen molar-refractivity contribution in [3.05, 3.63) is 0 Å². The minimum absolute atomic E-state index is 0.0747. The molecule has 0 aromatic heterocycles. The summed E-state index contributed by atoms with van der Waals surface area (Å²) in [5, 5.41) is 16.3. The smallest absolute Gasteiger partial charge is 0.191 e. The molecular formula is C15H30N4O. The maximum Gasteiger partial charge on any atom is 0.191 e. The van der Waals surface area contributed by atoms with Crippen LogP contribution in [0.15, 0.2) is 4.99 Å². The van der Waals surface area contributed by atoms with Gasteiger partial charge in [0.15, 0.2) is 5.96 Å². The highest BCUT2D eigenvalue weighted by molar-refractivity contribution is 5.80. The first-order chi connectivity index (χ1) is 9.69. The highest BCUT2D eigenvalue weighted by atomic mass is 16.3. The molecule has 5 nitrogen and oxygen atoms in total. The predicted molar refractivity (Wildman–Crippen MR) is 83.0 cm³/mol. The second kappa shape index (κ2) is 7.84. The summed E-state index contributed by atoms with van der Waals surface area (Å²) in [4.78, 5) is 7.08. The number of nitrogens with zero attached hydrogens (tertiary/aromatic N) is 2. The van der Waals surface area contributed by atoms with Crippen molar-refractivity contribution >= 4 is 5.96 Å². The third-order valence-electron chi connectivity index (χ3n) is 4.24. The summed E-state index contributed by atoms with van der Waals surface area (Å²) in [5.74, 6) is 1.76. The van der Waals surface area contributed by atoms with Crippen LogP contribution in [0.2, 0.25) is 0 Å². The van der Waals surface area contributed by atoms with Gasteiger partial charge in [-0.2, -0.15) is 0 Å². The fourth-order valence-electron chi connectivity index (χ4n) is 2.65. The molecule has 1 heterocycles. The van der Waals surface area contributed by atoms with Crippen molar-refractivity contribution in [1.29, 1.82) is 0 Å². The largest absolute Gasteiger partial charge is 0.393 e. The van der Waals surface area contributed by atoms with E-state index in [1.807, 2.05) is 0 Å². The number of nitrogens with one attached hydrogen (secondary N) is 2. The van der Waals surface area contributed by atoms with Crippen molar-refractivity contribution in [3.63, 3.8) is 0 Å². The van der Waals surface area contributed by atoms with E-state index in [2.05, 4.69) is 34.4 Å². The fraction of sp³-hybridized carbons (Fsp3) is 0.933. The normalized spacial score (nSPS) is 28.4. The van der Waals surface area contributed by atoms with Gasteiger partial charge in [0.1, 0.15) is 0 Å². The molecule has 1 saturated heterocycles. The summed E-state index contributed by atoms with van der Waals surface area (Å²) in [5.41, 5.74) is 0. The third kappa shape index (κ3) is 5.29. The molecule has 20 heavy (non-hydrogen) atoms. The molecule has 0 spiro atoms. The molecule has 0 radical (unpaired) electrons. The van der Waals surface area contributed by atoms with Crippen molar-refractivity contribution in [2.75, 3.05) is 32.7 Å². The number of rotatable bonds is 6. The van der Waals surface area contributed by atoms with Gasteiger partial charge in [0, 0.05) is 32.2 Å². The molecule has 1 aliphatic carbocycles. The van der Waals surface area contributed by atoms with Crippen LogP contribution >= 0.6 is 0 Å². The summed E-state index contributed by atoms with van der Waals surface area (Å²) >= 11 is 0. The van der Waals surface area contributed by atoms with Crippen LogP contribution in [0.25, 0.3) is 0 Å². The number of aliphatic hydroxyl groups is 1. The first kappa shape index (κ1) is 15.6. The molecule has 2 aliphatic rings. The van der Waals surface area contributed by atoms with Crippen molar-refractivity contribution in [2.45, 2.75) is 51.7 Å². The highest BCUT2D eigenvalue weighted by Gasteiger charge is 2.33. The average Bonchev–Trinajstić information content (AvgIpc) is 3.12. The summed E-state index contributed by atoms with van der Waals surface area (Å²) in [6, 6.07) is 0.622. The highest BCUT2D eigenvalue weighted by Crippen LogP contribution is 2.28. The molecule has 2 atom stereocenters. The Morgan fingerprint density at radius 2 is 2.05 bits per heavy atom. The van der Waals surface area contributed by atoms with Gasteiger partial charge in [-0.3, -0.25) is 4.99 Å². The second-order valence-corrected chi connectivity index (χ2v) is 6.15. The second-order valence-electron chi connectivity index (χ2n) is 6.15. The molecule has 0 aromatic rings. The molecule has 1 aliphatic heterocycles. The first-order valence-corrected chi connectivity index (χ1v) is 8.14. The SMILES string of the molecule is CCNC(=NCCCN1CCC(O)CC1)NC1CC1C. The Labute approximate surface area is 122 Å². The first-order valence-electron chi connectivity index (χ1n) is 8.14. The maximum atomic E-state index is 9.48. The lowest BCUT2D eigenvalue weighted by atomic mass is 10.1. The maximum absolute atomic E-state index is 9.48. The van der Waals surface area contributed by atoms with Gasteiger partial charge in [-0.15, -0.1) is 0 Å². The molecule has 2 unspecified atom stereocenters. The number of piperidine rings is 1. The summed E-state index contributed by atoms with van der Waals surface area (Å²) in [6.07, 6.45) is 4.13. The lowest BCUT2D eigenvalue weighted by molar-refractivity contribution is 0.0824. The Hall–Kier alpha value is -0.810. The molecular weight excluding hydrogens is 252 g/mol. The summed E-state index contributed by atoms with van der Waals surface area (Å²) < 4.78 is 0. The lowest BCUT2D eigenvalue weighted by Gasteiger charge is -2.29. The molecule has 3 N–H and O–H groups in total. The zero-order valence-electron chi connectivity index (χ0n) is 12.9. The fourth-order valence-corrected chi connectivity index (χ4v) is 2.65.